The summed E-state index contributed by atoms with van der Waals surface area (Å²) < 4.78 is 18.3. The molecule has 0 saturated heterocycles. The Labute approximate surface area is 101 Å². The van der Waals surface area contributed by atoms with Gasteiger partial charge in [0.15, 0.2) is 4.34 Å². The molecule has 2 aromatic rings. The molecule has 0 unspecified atom stereocenters. The summed E-state index contributed by atoms with van der Waals surface area (Å²) in [5, 5.41) is 0. The molecule has 2 N–H and O–H groups in total. The predicted molar refractivity (Wildman–Crippen MR) is 63.1 cm³/mol. The summed E-state index contributed by atoms with van der Waals surface area (Å²) >= 11 is 2.71. The van der Waals surface area contributed by atoms with Crippen LogP contribution in [0.1, 0.15) is 11.4 Å². The predicted octanol–water partition coefficient (Wildman–Crippen LogP) is 2.60. The molecular weight excluding hydrogens is 245 g/mol. The van der Waals surface area contributed by atoms with E-state index in [9.17, 15) is 4.39 Å². The normalized spacial score (nSPS) is 10.7. The van der Waals surface area contributed by atoms with Crippen molar-refractivity contribution in [3.63, 3.8) is 0 Å². The molecule has 6 heteroatoms. The Hall–Kier alpha value is -0.980. The van der Waals surface area contributed by atoms with Crippen LogP contribution >= 0.6 is 23.3 Å². The number of hydrogen-bond donors (Lipinski definition) is 1. The van der Waals surface area contributed by atoms with Crippen molar-refractivity contribution in [3.05, 3.63) is 35.4 Å². The van der Waals surface area contributed by atoms with Gasteiger partial charge in [0.2, 0.25) is 0 Å². The first-order chi connectivity index (χ1) is 7.70. The van der Waals surface area contributed by atoms with Crippen molar-refractivity contribution in [2.24, 2.45) is 5.73 Å². The van der Waals surface area contributed by atoms with Crippen molar-refractivity contribution in [2.45, 2.75) is 22.7 Å². The van der Waals surface area contributed by atoms with E-state index in [-0.39, 0.29) is 12.4 Å². The summed E-state index contributed by atoms with van der Waals surface area (Å²) in [7, 11) is 0. The van der Waals surface area contributed by atoms with Gasteiger partial charge in [0.1, 0.15) is 11.6 Å². The van der Waals surface area contributed by atoms with E-state index in [0.717, 1.165) is 15.1 Å². The van der Waals surface area contributed by atoms with Crippen LogP contribution in [0.5, 0.6) is 0 Å². The minimum Gasteiger partial charge on any atom is -0.326 e. The number of nitrogens with zero attached hydrogens (tertiary/aromatic N) is 2. The molecule has 0 atom stereocenters. The lowest BCUT2D eigenvalue weighted by Gasteiger charge is -2.05. The van der Waals surface area contributed by atoms with Gasteiger partial charge in [-0.1, -0.05) is 17.8 Å². The van der Waals surface area contributed by atoms with Crippen molar-refractivity contribution in [1.82, 2.24) is 9.36 Å². The van der Waals surface area contributed by atoms with Crippen LogP contribution < -0.4 is 5.73 Å². The molecule has 3 nitrogen and oxygen atoms in total. The molecule has 84 valence electrons. The maximum absolute atomic E-state index is 13.4. The average molecular weight is 255 g/mol. The van der Waals surface area contributed by atoms with Gasteiger partial charge < -0.3 is 5.73 Å². The number of rotatable bonds is 3. The van der Waals surface area contributed by atoms with Crippen LogP contribution in [0, 0.1) is 12.7 Å². The Morgan fingerprint density at radius 2 is 2.31 bits per heavy atom. The second-order valence-electron chi connectivity index (χ2n) is 3.13. The van der Waals surface area contributed by atoms with Gasteiger partial charge in [-0.3, -0.25) is 0 Å². The number of aromatic nitrogens is 2. The fraction of sp³-hybridized carbons (Fsp3) is 0.200. The Morgan fingerprint density at radius 3 is 2.94 bits per heavy atom. The molecule has 0 radical (unpaired) electrons. The molecule has 0 fully saturated rings. The second kappa shape index (κ2) is 4.90. The average Bonchev–Trinajstić information content (AvgIpc) is 2.64. The second-order valence-corrected chi connectivity index (χ2v) is 5.17. The highest BCUT2D eigenvalue weighted by atomic mass is 32.2. The maximum atomic E-state index is 13.4. The van der Waals surface area contributed by atoms with Crippen molar-refractivity contribution in [3.8, 4) is 0 Å². The Bertz CT molecular complexity index is 499. The van der Waals surface area contributed by atoms with Crippen molar-refractivity contribution >= 4 is 23.3 Å². The van der Waals surface area contributed by atoms with Gasteiger partial charge in [-0.05, 0) is 30.6 Å². The van der Waals surface area contributed by atoms with E-state index >= 15 is 0 Å². The molecule has 0 aliphatic carbocycles. The molecule has 1 aromatic carbocycles. The molecule has 16 heavy (non-hydrogen) atoms. The first-order valence-electron chi connectivity index (χ1n) is 4.66. The highest BCUT2D eigenvalue weighted by Crippen LogP contribution is 2.32. The van der Waals surface area contributed by atoms with Crippen molar-refractivity contribution < 1.29 is 4.39 Å². The first kappa shape index (κ1) is 11.5. The Morgan fingerprint density at radius 1 is 1.50 bits per heavy atom. The van der Waals surface area contributed by atoms with Crippen molar-refractivity contribution in [1.29, 1.82) is 0 Å². The first-order valence-corrected chi connectivity index (χ1v) is 6.25. The number of benzene rings is 1. The van der Waals surface area contributed by atoms with Gasteiger partial charge in [-0.15, -0.1) is 0 Å². The van der Waals surface area contributed by atoms with E-state index in [0.29, 0.717) is 5.56 Å². The van der Waals surface area contributed by atoms with E-state index < -0.39 is 0 Å². The van der Waals surface area contributed by atoms with Crippen LogP contribution in [0.2, 0.25) is 0 Å². The number of nitrogens with two attached hydrogens (primary N) is 1. The molecule has 0 amide bonds. The third kappa shape index (κ3) is 2.40. The molecule has 0 aliphatic rings. The molecule has 0 aliphatic heterocycles. The van der Waals surface area contributed by atoms with E-state index in [1.54, 1.807) is 6.07 Å². The minimum atomic E-state index is -0.270. The van der Waals surface area contributed by atoms with Crippen LogP contribution in [-0.4, -0.2) is 9.36 Å². The minimum absolute atomic E-state index is 0.187. The number of hydrogen-bond acceptors (Lipinski definition) is 5. The van der Waals surface area contributed by atoms with E-state index in [1.165, 1.54) is 29.4 Å². The van der Waals surface area contributed by atoms with Gasteiger partial charge in [-0.2, -0.15) is 4.37 Å². The van der Waals surface area contributed by atoms with Crippen LogP contribution in [0.15, 0.2) is 27.4 Å². The fourth-order valence-electron chi connectivity index (χ4n) is 1.25. The van der Waals surface area contributed by atoms with Crippen LogP contribution in [0.3, 0.4) is 0 Å². The SMILES string of the molecule is Cc1nsc(Sc2cccc(F)c2CN)n1. The van der Waals surface area contributed by atoms with E-state index in [4.69, 9.17) is 5.73 Å². The van der Waals surface area contributed by atoms with Gasteiger partial charge in [0.25, 0.3) is 0 Å². The maximum Gasteiger partial charge on any atom is 0.174 e. The third-order valence-corrected chi connectivity index (χ3v) is 3.93. The zero-order valence-electron chi connectivity index (χ0n) is 8.61. The standard InChI is InChI=1S/C10H10FN3S2/c1-6-13-10(16-14-6)15-9-4-2-3-8(11)7(9)5-12/h2-4H,5,12H2,1H3. The summed E-state index contributed by atoms with van der Waals surface area (Å²) in [4.78, 5) is 5.02. The Balaban J connectivity index is 2.30. The lowest BCUT2D eigenvalue weighted by Crippen LogP contribution is -2.01. The number of halogens is 1. The largest absolute Gasteiger partial charge is 0.326 e. The van der Waals surface area contributed by atoms with Gasteiger partial charge in [0, 0.05) is 17.0 Å². The number of aryl methyl sites for hydroxylation is 1. The van der Waals surface area contributed by atoms with E-state index in [1.807, 2.05) is 13.0 Å². The molecule has 1 heterocycles. The molecule has 2 rings (SSSR count). The third-order valence-electron chi connectivity index (χ3n) is 1.99. The lowest BCUT2D eigenvalue weighted by atomic mass is 10.2. The molecule has 0 bridgehead atoms. The topological polar surface area (TPSA) is 51.8 Å². The van der Waals surface area contributed by atoms with Gasteiger partial charge in [0.05, 0.1) is 0 Å². The smallest absolute Gasteiger partial charge is 0.174 e. The molecule has 1 aromatic heterocycles. The van der Waals surface area contributed by atoms with Crippen LogP contribution in [0.4, 0.5) is 4.39 Å². The quantitative estimate of drug-likeness (QED) is 0.916. The monoisotopic (exact) mass is 255 g/mol. The van der Waals surface area contributed by atoms with Gasteiger partial charge >= 0.3 is 0 Å². The fourth-order valence-corrected chi connectivity index (χ4v) is 3.02. The van der Waals surface area contributed by atoms with Crippen molar-refractivity contribution in [2.75, 3.05) is 0 Å². The zero-order chi connectivity index (χ0) is 11.5. The summed E-state index contributed by atoms with van der Waals surface area (Å²) in [6.07, 6.45) is 0. The highest BCUT2D eigenvalue weighted by molar-refractivity contribution is 8.01. The van der Waals surface area contributed by atoms with Gasteiger partial charge in [-0.25, -0.2) is 9.37 Å². The zero-order valence-corrected chi connectivity index (χ0v) is 10.2. The highest BCUT2D eigenvalue weighted by Gasteiger charge is 2.10. The van der Waals surface area contributed by atoms with E-state index in [2.05, 4.69) is 9.36 Å². The summed E-state index contributed by atoms with van der Waals surface area (Å²) in [5.41, 5.74) is 6.05. The summed E-state index contributed by atoms with van der Waals surface area (Å²) in [5.74, 6) is 0.465. The van der Waals surface area contributed by atoms with Crippen LogP contribution in [0.25, 0.3) is 0 Å². The molecule has 0 saturated carbocycles. The summed E-state index contributed by atoms with van der Waals surface area (Å²) in [6, 6.07) is 4.93. The summed E-state index contributed by atoms with van der Waals surface area (Å²) in [6.45, 7) is 2.02. The lowest BCUT2D eigenvalue weighted by molar-refractivity contribution is 0.604. The Kier molecular flexibility index (Phi) is 3.52. The molecular formula is C10H10FN3S2. The molecule has 0 spiro atoms. The van der Waals surface area contributed by atoms with Crippen LogP contribution in [-0.2, 0) is 6.54 Å².